The topological polar surface area (TPSA) is 35.5 Å². The lowest BCUT2D eigenvalue weighted by molar-refractivity contribution is -0.182. The second kappa shape index (κ2) is 5.10. The van der Waals surface area contributed by atoms with E-state index in [9.17, 15) is 4.79 Å². The number of carbonyl (C=O) groups excluding carboxylic acids is 1. The van der Waals surface area contributed by atoms with Gasteiger partial charge in [0.2, 0.25) is 0 Å². The molecular formula is C13H26O3Si. The molecule has 0 aromatic rings. The number of rotatable bonds is 5. The van der Waals surface area contributed by atoms with Crippen LogP contribution in [-0.2, 0) is 14.0 Å². The van der Waals surface area contributed by atoms with Crippen molar-refractivity contribution in [1.82, 2.24) is 0 Å². The fraction of sp³-hybridized carbons (Fsp3) is 0.923. The highest BCUT2D eigenvalue weighted by atomic mass is 28.4. The predicted octanol–water partition coefficient (Wildman–Crippen LogP) is 3.35. The van der Waals surface area contributed by atoms with E-state index in [1.54, 1.807) is 0 Å². The summed E-state index contributed by atoms with van der Waals surface area (Å²) in [7, 11) is -1.62. The van der Waals surface area contributed by atoms with E-state index in [4.69, 9.17) is 9.16 Å². The van der Waals surface area contributed by atoms with Crippen molar-refractivity contribution >= 4 is 14.3 Å². The molecule has 0 aliphatic carbocycles. The van der Waals surface area contributed by atoms with Crippen LogP contribution in [0.4, 0.5) is 0 Å². The highest BCUT2D eigenvalue weighted by Crippen LogP contribution is 2.36. The summed E-state index contributed by atoms with van der Waals surface area (Å²) in [5.41, 5.74) is 0. The number of hydrogen-bond donors (Lipinski definition) is 0. The summed E-state index contributed by atoms with van der Waals surface area (Å²) in [6.45, 7) is 14.0. The molecule has 0 aromatic carbocycles. The molecule has 17 heavy (non-hydrogen) atoms. The van der Waals surface area contributed by atoms with Crippen LogP contribution in [0.3, 0.4) is 0 Å². The number of ether oxygens (including phenoxy) is 1. The van der Waals surface area contributed by atoms with Gasteiger partial charge in [-0.15, -0.1) is 0 Å². The smallest absolute Gasteiger partial charge is 0.312 e. The van der Waals surface area contributed by atoms with Crippen LogP contribution >= 0.6 is 0 Å². The van der Waals surface area contributed by atoms with Crippen LogP contribution in [-0.4, -0.2) is 27.0 Å². The molecule has 100 valence electrons. The van der Waals surface area contributed by atoms with E-state index < -0.39 is 8.32 Å². The highest BCUT2D eigenvalue weighted by Gasteiger charge is 2.39. The first-order chi connectivity index (χ1) is 7.65. The Bertz CT molecular complexity index is 281. The first-order valence-corrected chi connectivity index (χ1v) is 9.40. The van der Waals surface area contributed by atoms with E-state index in [1.807, 2.05) is 6.92 Å². The van der Waals surface area contributed by atoms with Gasteiger partial charge in [-0.3, -0.25) is 4.79 Å². The van der Waals surface area contributed by atoms with Crippen molar-refractivity contribution in [1.29, 1.82) is 0 Å². The molecule has 0 radical (unpaired) electrons. The van der Waals surface area contributed by atoms with Gasteiger partial charge in [-0.1, -0.05) is 20.8 Å². The average Bonchev–Trinajstić information content (AvgIpc) is 2.15. The van der Waals surface area contributed by atoms with Gasteiger partial charge in [0.1, 0.15) is 6.10 Å². The number of carbonyl (C=O) groups is 1. The summed E-state index contributed by atoms with van der Waals surface area (Å²) >= 11 is 0. The van der Waals surface area contributed by atoms with Crippen LogP contribution in [0.25, 0.3) is 0 Å². The molecule has 0 unspecified atom stereocenters. The summed E-state index contributed by atoms with van der Waals surface area (Å²) in [4.78, 5) is 11.1. The highest BCUT2D eigenvalue weighted by molar-refractivity contribution is 6.74. The Morgan fingerprint density at radius 1 is 1.35 bits per heavy atom. The van der Waals surface area contributed by atoms with Gasteiger partial charge < -0.3 is 9.16 Å². The zero-order chi connectivity index (χ0) is 13.3. The van der Waals surface area contributed by atoms with Crippen molar-refractivity contribution in [2.24, 2.45) is 5.92 Å². The minimum Gasteiger partial charge on any atom is -0.461 e. The third-order valence-electron chi connectivity index (χ3n) is 4.10. The molecule has 0 bridgehead atoms. The standard InChI is InChI=1S/C13H26O3Si/c1-10-11(12(14)16-10)8-7-9-15-17(5,6)13(2,3)4/h10-11H,7-9H2,1-6H3/t10-,11+/m1/s1. The van der Waals surface area contributed by atoms with Crippen LogP contribution in [0.1, 0.15) is 40.5 Å². The molecular weight excluding hydrogens is 232 g/mol. The third-order valence-corrected chi connectivity index (χ3v) is 8.64. The Morgan fingerprint density at radius 3 is 2.35 bits per heavy atom. The van der Waals surface area contributed by atoms with Crippen molar-refractivity contribution in [3.8, 4) is 0 Å². The van der Waals surface area contributed by atoms with Crippen molar-refractivity contribution in [3.63, 3.8) is 0 Å². The molecule has 0 aromatic heterocycles. The number of esters is 1. The van der Waals surface area contributed by atoms with Gasteiger partial charge in [0.25, 0.3) is 0 Å². The van der Waals surface area contributed by atoms with Crippen LogP contribution in [0.2, 0.25) is 18.1 Å². The van der Waals surface area contributed by atoms with Gasteiger partial charge >= 0.3 is 5.97 Å². The van der Waals surface area contributed by atoms with Gasteiger partial charge in [0.05, 0.1) is 5.92 Å². The fourth-order valence-corrected chi connectivity index (χ4v) is 2.76. The lowest BCUT2D eigenvalue weighted by Crippen LogP contribution is -2.43. The molecule has 1 fully saturated rings. The summed E-state index contributed by atoms with van der Waals surface area (Å²) < 4.78 is 11.0. The molecule has 3 nitrogen and oxygen atoms in total. The second-order valence-electron chi connectivity index (χ2n) is 6.50. The Balaban J connectivity index is 2.22. The predicted molar refractivity (Wildman–Crippen MR) is 71.4 cm³/mol. The first kappa shape index (κ1) is 14.7. The van der Waals surface area contributed by atoms with Crippen LogP contribution in [0.15, 0.2) is 0 Å². The largest absolute Gasteiger partial charge is 0.461 e. The summed E-state index contributed by atoms with van der Waals surface area (Å²) in [6.07, 6.45) is 1.96. The molecule has 4 heteroatoms. The monoisotopic (exact) mass is 258 g/mol. The van der Waals surface area contributed by atoms with Crippen molar-refractivity contribution in [2.45, 2.75) is 64.8 Å². The molecule has 1 saturated heterocycles. The van der Waals surface area contributed by atoms with E-state index >= 15 is 0 Å². The maximum absolute atomic E-state index is 11.1. The van der Waals surface area contributed by atoms with E-state index in [0.717, 1.165) is 19.4 Å². The molecule has 1 heterocycles. The van der Waals surface area contributed by atoms with Crippen LogP contribution in [0, 0.1) is 5.92 Å². The van der Waals surface area contributed by atoms with Gasteiger partial charge in [-0.2, -0.15) is 0 Å². The first-order valence-electron chi connectivity index (χ1n) is 6.49. The van der Waals surface area contributed by atoms with Crippen LogP contribution in [0.5, 0.6) is 0 Å². The number of hydrogen-bond acceptors (Lipinski definition) is 3. The maximum atomic E-state index is 11.1. The number of cyclic esters (lactones) is 1. The zero-order valence-electron chi connectivity index (χ0n) is 12.0. The van der Waals surface area contributed by atoms with E-state index in [2.05, 4.69) is 33.9 Å². The van der Waals surface area contributed by atoms with Crippen LogP contribution < -0.4 is 0 Å². The molecule has 1 rings (SSSR count). The maximum Gasteiger partial charge on any atom is 0.312 e. The Labute approximate surface area is 106 Å². The zero-order valence-corrected chi connectivity index (χ0v) is 13.0. The lowest BCUT2D eigenvalue weighted by atomic mass is 9.93. The average molecular weight is 258 g/mol. The summed E-state index contributed by atoms with van der Waals surface area (Å²) in [5, 5.41) is 0.260. The minimum atomic E-state index is -1.62. The van der Waals surface area contributed by atoms with E-state index in [-0.39, 0.29) is 23.0 Å². The second-order valence-corrected chi connectivity index (χ2v) is 11.3. The minimum absolute atomic E-state index is 0.0372. The van der Waals surface area contributed by atoms with Crippen molar-refractivity contribution < 1.29 is 14.0 Å². The lowest BCUT2D eigenvalue weighted by Gasteiger charge is -2.37. The third kappa shape index (κ3) is 3.55. The van der Waals surface area contributed by atoms with Crippen molar-refractivity contribution in [3.05, 3.63) is 0 Å². The summed E-state index contributed by atoms with van der Waals surface area (Å²) in [5.74, 6) is 0.0721. The van der Waals surface area contributed by atoms with Gasteiger partial charge in [-0.05, 0) is 37.9 Å². The quantitative estimate of drug-likeness (QED) is 0.431. The molecule has 0 amide bonds. The molecule has 0 spiro atoms. The molecule has 1 aliphatic heterocycles. The van der Waals surface area contributed by atoms with E-state index in [0.29, 0.717) is 0 Å². The Hall–Kier alpha value is -0.353. The molecule has 0 N–H and O–H groups in total. The van der Waals surface area contributed by atoms with Gasteiger partial charge in [0, 0.05) is 6.61 Å². The van der Waals surface area contributed by atoms with E-state index in [1.165, 1.54) is 0 Å². The normalized spacial score (nSPS) is 25.4. The van der Waals surface area contributed by atoms with Gasteiger partial charge in [-0.25, -0.2) is 0 Å². The Morgan fingerprint density at radius 2 is 1.94 bits per heavy atom. The summed E-state index contributed by atoms with van der Waals surface area (Å²) in [6, 6.07) is 0. The van der Waals surface area contributed by atoms with Gasteiger partial charge in [0.15, 0.2) is 8.32 Å². The van der Waals surface area contributed by atoms with Crippen molar-refractivity contribution in [2.75, 3.05) is 6.61 Å². The molecule has 1 aliphatic rings. The Kier molecular flexibility index (Phi) is 4.41. The molecule has 0 saturated carbocycles. The molecule has 2 atom stereocenters. The fourth-order valence-electron chi connectivity index (χ4n) is 1.67. The SMILES string of the molecule is C[C@H]1OC(=O)[C@H]1CCCO[Si](C)(C)C(C)(C)C.